The maximum atomic E-state index is 4.48. The number of pyridine rings is 1. The van der Waals surface area contributed by atoms with Gasteiger partial charge in [0.1, 0.15) is 6.17 Å². The molecule has 1 unspecified atom stereocenters. The minimum absolute atomic E-state index is 0.0848. The number of nitrogens with zero attached hydrogens (tertiary/aromatic N) is 3. The summed E-state index contributed by atoms with van der Waals surface area (Å²) < 4.78 is 2.23. The fraction of sp³-hybridized carbons (Fsp3) is 0.200. The number of aromatic nitrogens is 2. The Hall–Kier alpha value is -2.16. The van der Waals surface area contributed by atoms with Gasteiger partial charge in [0.2, 0.25) is 0 Å². The monoisotopic (exact) mass is 237 g/mol. The molecule has 3 nitrogen and oxygen atoms in total. The van der Waals surface area contributed by atoms with E-state index < -0.39 is 0 Å². The summed E-state index contributed by atoms with van der Waals surface area (Å²) in [6, 6.07) is 10.5. The standard InChI is InChI=1S/C15H15N3/c1-3-17-11(2)18-14-7-5-4-6-12(14)13-8-9-16-10-15(13)18/h3-11H,1-2H3/b17-3+. The van der Waals surface area contributed by atoms with Gasteiger partial charge < -0.3 is 4.57 Å². The third-order valence-electron chi connectivity index (χ3n) is 3.25. The zero-order valence-corrected chi connectivity index (χ0v) is 10.5. The van der Waals surface area contributed by atoms with E-state index in [1.165, 1.54) is 16.3 Å². The lowest BCUT2D eigenvalue weighted by Gasteiger charge is -2.11. The van der Waals surface area contributed by atoms with Crippen molar-refractivity contribution < 1.29 is 0 Å². The SMILES string of the molecule is C/C=N/C(C)n1c2ccccc2c2ccncc21. The van der Waals surface area contributed by atoms with Crippen molar-refractivity contribution in [3.63, 3.8) is 0 Å². The van der Waals surface area contributed by atoms with Crippen LogP contribution in [-0.2, 0) is 0 Å². The number of para-hydroxylation sites is 1. The lowest BCUT2D eigenvalue weighted by molar-refractivity contribution is 0.615. The van der Waals surface area contributed by atoms with E-state index in [1.54, 1.807) is 0 Å². The third kappa shape index (κ3) is 1.51. The predicted molar refractivity (Wildman–Crippen MR) is 76.1 cm³/mol. The van der Waals surface area contributed by atoms with Gasteiger partial charge >= 0.3 is 0 Å². The second-order valence-electron chi connectivity index (χ2n) is 4.32. The lowest BCUT2D eigenvalue weighted by Crippen LogP contribution is -2.02. The average Bonchev–Trinajstić information content (AvgIpc) is 2.73. The predicted octanol–water partition coefficient (Wildman–Crippen LogP) is 3.80. The molecular formula is C15H15N3. The van der Waals surface area contributed by atoms with Crippen LogP contribution in [0.25, 0.3) is 21.8 Å². The summed E-state index contributed by atoms with van der Waals surface area (Å²) in [4.78, 5) is 8.72. The number of rotatable bonds is 2. The van der Waals surface area contributed by atoms with E-state index in [0.29, 0.717) is 0 Å². The lowest BCUT2D eigenvalue weighted by atomic mass is 10.2. The van der Waals surface area contributed by atoms with E-state index in [9.17, 15) is 0 Å². The number of hydrogen-bond acceptors (Lipinski definition) is 2. The van der Waals surface area contributed by atoms with Crippen LogP contribution in [0.5, 0.6) is 0 Å². The highest BCUT2D eigenvalue weighted by Crippen LogP contribution is 2.31. The Labute approximate surface area is 106 Å². The Morgan fingerprint density at radius 2 is 1.94 bits per heavy atom. The van der Waals surface area contributed by atoms with Gasteiger partial charge in [0.15, 0.2) is 0 Å². The molecule has 2 aromatic heterocycles. The van der Waals surface area contributed by atoms with E-state index in [2.05, 4.69) is 51.8 Å². The van der Waals surface area contributed by atoms with E-state index >= 15 is 0 Å². The van der Waals surface area contributed by atoms with Gasteiger partial charge in [0.05, 0.1) is 17.2 Å². The zero-order valence-electron chi connectivity index (χ0n) is 10.5. The van der Waals surface area contributed by atoms with Crippen LogP contribution in [-0.4, -0.2) is 15.8 Å². The summed E-state index contributed by atoms with van der Waals surface area (Å²) in [5.74, 6) is 0. The highest BCUT2D eigenvalue weighted by atomic mass is 15.1. The summed E-state index contributed by atoms with van der Waals surface area (Å²) >= 11 is 0. The Kier molecular flexibility index (Phi) is 2.59. The molecule has 18 heavy (non-hydrogen) atoms. The van der Waals surface area contributed by atoms with Crippen molar-refractivity contribution in [3.05, 3.63) is 42.7 Å². The number of fused-ring (bicyclic) bond motifs is 3. The molecule has 0 N–H and O–H groups in total. The number of hydrogen-bond donors (Lipinski definition) is 0. The van der Waals surface area contributed by atoms with Gasteiger partial charge in [0, 0.05) is 17.0 Å². The fourth-order valence-corrected chi connectivity index (χ4v) is 2.53. The molecule has 3 rings (SSSR count). The minimum atomic E-state index is 0.0848. The zero-order chi connectivity index (χ0) is 12.5. The van der Waals surface area contributed by atoms with Crippen LogP contribution in [0.3, 0.4) is 0 Å². The van der Waals surface area contributed by atoms with Crippen molar-refractivity contribution in [2.45, 2.75) is 20.0 Å². The van der Waals surface area contributed by atoms with Gasteiger partial charge in [0.25, 0.3) is 0 Å². The first kappa shape index (κ1) is 11.0. The van der Waals surface area contributed by atoms with Crippen molar-refractivity contribution in [2.24, 2.45) is 4.99 Å². The molecule has 0 aliphatic heterocycles. The van der Waals surface area contributed by atoms with Gasteiger partial charge in [-0.15, -0.1) is 0 Å². The summed E-state index contributed by atoms with van der Waals surface area (Å²) in [6.07, 6.45) is 5.69. The van der Waals surface area contributed by atoms with Crippen LogP contribution in [0.15, 0.2) is 47.7 Å². The molecule has 0 aliphatic carbocycles. The van der Waals surface area contributed by atoms with Gasteiger partial charge in [-0.3, -0.25) is 9.98 Å². The molecule has 3 heteroatoms. The first-order chi connectivity index (χ1) is 8.83. The average molecular weight is 237 g/mol. The first-order valence-corrected chi connectivity index (χ1v) is 6.13. The number of benzene rings is 1. The second kappa shape index (κ2) is 4.26. The molecule has 2 heterocycles. The van der Waals surface area contributed by atoms with Crippen LogP contribution in [0.2, 0.25) is 0 Å². The molecule has 0 aliphatic rings. The van der Waals surface area contributed by atoms with E-state index in [4.69, 9.17) is 0 Å². The maximum absolute atomic E-state index is 4.48. The third-order valence-corrected chi connectivity index (χ3v) is 3.25. The van der Waals surface area contributed by atoms with Crippen LogP contribution in [0.4, 0.5) is 0 Å². The van der Waals surface area contributed by atoms with Crippen LogP contribution < -0.4 is 0 Å². The molecule has 0 saturated heterocycles. The maximum Gasteiger partial charge on any atom is 0.122 e. The summed E-state index contributed by atoms with van der Waals surface area (Å²) in [5, 5.41) is 2.49. The summed E-state index contributed by atoms with van der Waals surface area (Å²) in [7, 11) is 0. The highest BCUT2D eigenvalue weighted by Gasteiger charge is 2.13. The molecule has 1 aromatic carbocycles. The molecule has 0 fully saturated rings. The van der Waals surface area contributed by atoms with Crippen LogP contribution in [0, 0.1) is 0 Å². The van der Waals surface area contributed by atoms with Crippen LogP contribution in [0.1, 0.15) is 20.0 Å². The van der Waals surface area contributed by atoms with Gasteiger partial charge in [-0.05, 0) is 32.2 Å². The Morgan fingerprint density at radius 1 is 1.17 bits per heavy atom. The summed E-state index contributed by atoms with van der Waals surface area (Å²) in [6.45, 7) is 4.04. The molecular weight excluding hydrogens is 222 g/mol. The van der Waals surface area contributed by atoms with Crippen molar-refractivity contribution in [3.8, 4) is 0 Å². The Bertz CT molecular complexity index is 672. The molecule has 0 radical (unpaired) electrons. The molecule has 1 atom stereocenters. The molecule has 3 aromatic rings. The van der Waals surface area contributed by atoms with E-state index in [-0.39, 0.29) is 6.17 Å². The molecule has 0 saturated carbocycles. The van der Waals surface area contributed by atoms with Crippen molar-refractivity contribution in [1.29, 1.82) is 0 Å². The fourth-order valence-electron chi connectivity index (χ4n) is 2.53. The molecule has 0 spiro atoms. The second-order valence-corrected chi connectivity index (χ2v) is 4.32. The van der Waals surface area contributed by atoms with Crippen molar-refractivity contribution in [2.75, 3.05) is 0 Å². The largest absolute Gasteiger partial charge is 0.316 e. The number of aliphatic imine (C=N–C) groups is 1. The van der Waals surface area contributed by atoms with Crippen LogP contribution >= 0.6 is 0 Å². The minimum Gasteiger partial charge on any atom is -0.316 e. The van der Waals surface area contributed by atoms with Gasteiger partial charge in [-0.25, -0.2) is 0 Å². The molecule has 0 amide bonds. The van der Waals surface area contributed by atoms with Crippen molar-refractivity contribution in [1.82, 2.24) is 9.55 Å². The van der Waals surface area contributed by atoms with Gasteiger partial charge in [-0.1, -0.05) is 18.2 Å². The quantitative estimate of drug-likeness (QED) is 0.623. The topological polar surface area (TPSA) is 30.2 Å². The molecule has 0 bridgehead atoms. The highest BCUT2D eigenvalue weighted by molar-refractivity contribution is 6.07. The Balaban J connectivity index is 2.45. The van der Waals surface area contributed by atoms with Crippen molar-refractivity contribution >= 4 is 28.0 Å². The Morgan fingerprint density at radius 3 is 2.78 bits per heavy atom. The normalized spacial score (nSPS) is 13.7. The molecule has 90 valence electrons. The summed E-state index contributed by atoms with van der Waals surface area (Å²) in [5.41, 5.74) is 2.34. The van der Waals surface area contributed by atoms with E-state index in [1.807, 2.05) is 25.5 Å². The van der Waals surface area contributed by atoms with Gasteiger partial charge in [-0.2, -0.15) is 0 Å². The first-order valence-electron chi connectivity index (χ1n) is 6.13. The van der Waals surface area contributed by atoms with E-state index in [0.717, 1.165) is 5.52 Å². The smallest absolute Gasteiger partial charge is 0.122 e.